The molecule has 0 spiro atoms. The minimum absolute atomic E-state index is 0.0775. The summed E-state index contributed by atoms with van der Waals surface area (Å²) in [7, 11) is 0. The standard InChI is InChI=1S/C12H11N5O2/c1-2-7-13-12(18)8-19-11-5-3-10(4-6-11)17-9-14-15-16-17/h1,3-6,9H,7-8H2,(H,13,18). The van der Waals surface area contributed by atoms with Gasteiger partial charge in [-0.3, -0.25) is 4.79 Å². The van der Waals surface area contributed by atoms with Crippen molar-refractivity contribution < 1.29 is 9.53 Å². The minimum Gasteiger partial charge on any atom is -0.484 e. The van der Waals surface area contributed by atoms with E-state index in [0.717, 1.165) is 5.69 Å². The van der Waals surface area contributed by atoms with Crippen molar-refractivity contribution in [3.63, 3.8) is 0 Å². The van der Waals surface area contributed by atoms with Crippen molar-refractivity contribution in [2.75, 3.05) is 13.2 Å². The second-order valence-corrected chi connectivity index (χ2v) is 3.52. The van der Waals surface area contributed by atoms with Crippen LogP contribution in [0.4, 0.5) is 0 Å². The summed E-state index contributed by atoms with van der Waals surface area (Å²) >= 11 is 0. The van der Waals surface area contributed by atoms with Crippen molar-refractivity contribution in [3.05, 3.63) is 30.6 Å². The lowest BCUT2D eigenvalue weighted by Crippen LogP contribution is -2.28. The molecule has 0 unspecified atom stereocenters. The van der Waals surface area contributed by atoms with E-state index in [0.29, 0.717) is 5.75 Å². The molecule has 1 aromatic carbocycles. The Morgan fingerprint density at radius 3 is 2.84 bits per heavy atom. The summed E-state index contributed by atoms with van der Waals surface area (Å²) < 4.78 is 6.81. The van der Waals surface area contributed by atoms with Crippen LogP contribution < -0.4 is 10.1 Å². The summed E-state index contributed by atoms with van der Waals surface area (Å²) in [5, 5.41) is 13.3. The molecule has 1 amide bonds. The first-order chi connectivity index (χ1) is 9.29. The predicted octanol–water partition coefficient (Wildman–Crippen LogP) is -0.210. The molecule has 7 heteroatoms. The molecule has 2 aromatic rings. The molecule has 7 nitrogen and oxygen atoms in total. The first-order valence-electron chi connectivity index (χ1n) is 5.46. The van der Waals surface area contributed by atoms with Crippen LogP contribution in [0.2, 0.25) is 0 Å². The molecule has 0 aliphatic rings. The maximum atomic E-state index is 11.3. The molecule has 19 heavy (non-hydrogen) atoms. The molecule has 2 rings (SSSR count). The molecular weight excluding hydrogens is 246 g/mol. The van der Waals surface area contributed by atoms with Gasteiger partial charge in [-0.1, -0.05) is 5.92 Å². The number of benzene rings is 1. The minimum atomic E-state index is -0.262. The number of terminal acetylenes is 1. The van der Waals surface area contributed by atoms with Crippen LogP contribution in [0.3, 0.4) is 0 Å². The van der Waals surface area contributed by atoms with E-state index < -0.39 is 0 Å². The Labute approximate surface area is 109 Å². The van der Waals surface area contributed by atoms with Crippen LogP contribution in [0.5, 0.6) is 5.75 Å². The Morgan fingerprint density at radius 1 is 1.42 bits per heavy atom. The molecule has 0 aliphatic heterocycles. The fourth-order valence-electron chi connectivity index (χ4n) is 1.32. The third-order valence-electron chi connectivity index (χ3n) is 2.21. The molecule has 0 fully saturated rings. The zero-order chi connectivity index (χ0) is 13.5. The van der Waals surface area contributed by atoms with Gasteiger partial charge in [0.15, 0.2) is 6.61 Å². The van der Waals surface area contributed by atoms with E-state index in [2.05, 4.69) is 26.8 Å². The lowest BCUT2D eigenvalue weighted by atomic mass is 10.3. The summed E-state index contributed by atoms with van der Waals surface area (Å²) in [6.07, 6.45) is 6.51. The van der Waals surface area contributed by atoms with Crippen molar-refractivity contribution in [1.29, 1.82) is 0 Å². The average Bonchev–Trinajstić information content (AvgIpc) is 2.97. The average molecular weight is 257 g/mol. The number of rotatable bonds is 5. The molecule has 0 aliphatic carbocycles. The van der Waals surface area contributed by atoms with Crippen LogP contribution in [-0.4, -0.2) is 39.3 Å². The summed E-state index contributed by atoms with van der Waals surface area (Å²) in [5.74, 6) is 2.63. The van der Waals surface area contributed by atoms with Crippen LogP contribution >= 0.6 is 0 Å². The van der Waals surface area contributed by atoms with Crippen LogP contribution in [0.15, 0.2) is 30.6 Å². The lowest BCUT2D eigenvalue weighted by Gasteiger charge is -2.06. The van der Waals surface area contributed by atoms with Gasteiger partial charge in [-0.15, -0.1) is 11.5 Å². The molecule has 1 aromatic heterocycles. The number of carbonyl (C=O) groups excluding carboxylic acids is 1. The van der Waals surface area contributed by atoms with Gasteiger partial charge in [-0.25, -0.2) is 4.68 Å². The Balaban J connectivity index is 1.89. The van der Waals surface area contributed by atoms with E-state index in [1.165, 1.54) is 11.0 Å². The van der Waals surface area contributed by atoms with Crippen molar-refractivity contribution in [1.82, 2.24) is 25.5 Å². The van der Waals surface area contributed by atoms with Crippen LogP contribution in [-0.2, 0) is 4.79 Å². The number of carbonyl (C=O) groups is 1. The Kier molecular flexibility index (Phi) is 4.08. The van der Waals surface area contributed by atoms with Gasteiger partial charge in [0.25, 0.3) is 5.91 Å². The summed E-state index contributed by atoms with van der Waals surface area (Å²) in [5.41, 5.74) is 0.800. The molecule has 96 valence electrons. The normalized spacial score (nSPS) is 9.63. The molecule has 0 bridgehead atoms. The second kappa shape index (κ2) is 6.16. The molecule has 1 heterocycles. The largest absolute Gasteiger partial charge is 0.484 e. The SMILES string of the molecule is C#CCNC(=O)COc1ccc(-n2cnnn2)cc1. The molecule has 0 saturated heterocycles. The smallest absolute Gasteiger partial charge is 0.258 e. The van der Waals surface area contributed by atoms with Gasteiger partial charge in [0.2, 0.25) is 0 Å². The van der Waals surface area contributed by atoms with Crippen LogP contribution in [0, 0.1) is 12.3 Å². The maximum Gasteiger partial charge on any atom is 0.258 e. The first-order valence-corrected chi connectivity index (χ1v) is 5.46. The number of aromatic nitrogens is 4. The van der Waals surface area contributed by atoms with Gasteiger partial charge in [-0.05, 0) is 34.7 Å². The quantitative estimate of drug-likeness (QED) is 0.749. The Hall–Kier alpha value is -2.88. The maximum absolute atomic E-state index is 11.3. The monoisotopic (exact) mass is 257 g/mol. The van der Waals surface area contributed by atoms with Gasteiger partial charge >= 0.3 is 0 Å². The van der Waals surface area contributed by atoms with Gasteiger partial charge < -0.3 is 10.1 Å². The number of nitrogens with zero attached hydrogens (tertiary/aromatic N) is 4. The number of hydrogen-bond donors (Lipinski definition) is 1. The van der Waals surface area contributed by atoms with E-state index in [9.17, 15) is 4.79 Å². The number of ether oxygens (including phenoxy) is 1. The third kappa shape index (κ3) is 3.54. The number of hydrogen-bond acceptors (Lipinski definition) is 5. The van der Waals surface area contributed by atoms with Crippen molar-refractivity contribution in [2.24, 2.45) is 0 Å². The van der Waals surface area contributed by atoms with Gasteiger partial charge in [0.1, 0.15) is 12.1 Å². The first kappa shape index (κ1) is 12.6. The number of amides is 1. The molecule has 0 saturated carbocycles. The highest BCUT2D eigenvalue weighted by Gasteiger charge is 2.02. The van der Waals surface area contributed by atoms with Crippen LogP contribution in [0.25, 0.3) is 5.69 Å². The highest BCUT2D eigenvalue weighted by Crippen LogP contribution is 2.13. The van der Waals surface area contributed by atoms with E-state index >= 15 is 0 Å². The van der Waals surface area contributed by atoms with Crippen molar-refractivity contribution in [2.45, 2.75) is 0 Å². The zero-order valence-corrected chi connectivity index (χ0v) is 9.98. The van der Waals surface area contributed by atoms with Gasteiger partial charge in [-0.2, -0.15) is 0 Å². The van der Waals surface area contributed by atoms with E-state index in [1.54, 1.807) is 24.3 Å². The molecule has 1 N–H and O–H groups in total. The summed E-state index contributed by atoms with van der Waals surface area (Å²) in [6, 6.07) is 7.02. The molecular formula is C12H11N5O2. The zero-order valence-electron chi connectivity index (χ0n) is 9.98. The highest BCUT2D eigenvalue weighted by atomic mass is 16.5. The number of nitrogens with one attached hydrogen (secondary N) is 1. The van der Waals surface area contributed by atoms with Gasteiger partial charge in [0, 0.05) is 0 Å². The Morgan fingerprint density at radius 2 is 2.21 bits per heavy atom. The van der Waals surface area contributed by atoms with Crippen molar-refractivity contribution in [3.8, 4) is 23.8 Å². The van der Waals surface area contributed by atoms with Crippen LogP contribution in [0.1, 0.15) is 0 Å². The number of tetrazole rings is 1. The Bertz CT molecular complexity index is 571. The second-order valence-electron chi connectivity index (χ2n) is 3.52. The fourth-order valence-corrected chi connectivity index (χ4v) is 1.32. The summed E-state index contributed by atoms with van der Waals surface area (Å²) in [4.78, 5) is 11.3. The fraction of sp³-hybridized carbons (Fsp3) is 0.167. The topological polar surface area (TPSA) is 81.9 Å². The third-order valence-corrected chi connectivity index (χ3v) is 2.21. The van der Waals surface area contributed by atoms with Gasteiger partial charge in [0.05, 0.1) is 12.2 Å². The van der Waals surface area contributed by atoms with E-state index in [-0.39, 0.29) is 19.1 Å². The van der Waals surface area contributed by atoms with E-state index in [1.807, 2.05) is 0 Å². The predicted molar refractivity (Wildman–Crippen MR) is 66.5 cm³/mol. The summed E-state index contributed by atoms with van der Waals surface area (Å²) in [6.45, 7) is 0.117. The lowest BCUT2D eigenvalue weighted by molar-refractivity contribution is -0.122. The highest BCUT2D eigenvalue weighted by molar-refractivity contribution is 5.77. The van der Waals surface area contributed by atoms with E-state index in [4.69, 9.17) is 11.2 Å². The van der Waals surface area contributed by atoms with Crippen molar-refractivity contribution >= 4 is 5.91 Å². The molecule has 0 radical (unpaired) electrons. The molecule has 0 atom stereocenters.